The Morgan fingerprint density at radius 2 is 2.41 bits per heavy atom. The molecule has 3 rings (SSSR count). The van der Waals surface area contributed by atoms with Crippen LogP contribution in [0.3, 0.4) is 0 Å². The molecule has 0 spiro atoms. The minimum Gasteiger partial charge on any atom is -0.381 e. The van der Waals surface area contributed by atoms with Crippen molar-refractivity contribution in [3.8, 4) is 5.82 Å². The molecule has 1 saturated heterocycles. The van der Waals surface area contributed by atoms with Gasteiger partial charge in [-0.15, -0.1) is 0 Å². The van der Waals surface area contributed by atoms with E-state index in [1.807, 2.05) is 22.9 Å². The summed E-state index contributed by atoms with van der Waals surface area (Å²) in [6.07, 6.45) is 9.51. The van der Waals surface area contributed by atoms with Gasteiger partial charge in [-0.3, -0.25) is 9.36 Å². The van der Waals surface area contributed by atoms with E-state index in [1.54, 1.807) is 18.7 Å². The molecule has 0 aliphatic carbocycles. The van der Waals surface area contributed by atoms with E-state index in [4.69, 9.17) is 4.74 Å². The topological polar surface area (TPSA) is 69.0 Å². The zero-order chi connectivity index (χ0) is 15.2. The van der Waals surface area contributed by atoms with Crippen LogP contribution in [0.25, 0.3) is 5.82 Å². The third-order valence-corrected chi connectivity index (χ3v) is 3.90. The lowest BCUT2D eigenvalue weighted by atomic mass is 10.0. The molecule has 1 unspecified atom stereocenters. The third-order valence-electron chi connectivity index (χ3n) is 3.90. The molecule has 1 fully saturated rings. The van der Waals surface area contributed by atoms with Crippen LogP contribution in [0.5, 0.6) is 0 Å². The highest BCUT2D eigenvalue weighted by atomic mass is 16.5. The second kappa shape index (κ2) is 7.17. The van der Waals surface area contributed by atoms with Crippen molar-refractivity contribution in [1.29, 1.82) is 0 Å². The van der Waals surface area contributed by atoms with Crippen LogP contribution in [0.1, 0.15) is 24.8 Å². The lowest BCUT2D eigenvalue weighted by Crippen LogP contribution is -2.24. The summed E-state index contributed by atoms with van der Waals surface area (Å²) in [6, 6.07) is 3.84. The molecule has 2 aromatic heterocycles. The Kier molecular flexibility index (Phi) is 4.80. The fourth-order valence-electron chi connectivity index (χ4n) is 2.61. The van der Waals surface area contributed by atoms with E-state index >= 15 is 0 Å². The van der Waals surface area contributed by atoms with Crippen molar-refractivity contribution in [2.45, 2.75) is 25.8 Å². The van der Waals surface area contributed by atoms with Crippen LogP contribution in [0.2, 0.25) is 0 Å². The van der Waals surface area contributed by atoms with Crippen molar-refractivity contribution in [1.82, 2.24) is 19.9 Å². The van der Waals surface area contributed by atoms with Gasteiger partial charge in [0.15, 0.2) is 0 Å². The Morgan fingerprint density at radius 1 is 1.45 bits per heavy atom. The maximum absolute atomic E-state index is 12.0. The Labute approximate surface area is 129 Å². The highest BCUT2D eigenvalue weighted by Crippen LogP contribution is 2.18. The van der Waals surface area contributed by atoms with Crippen LogP contribution >= 0.6 is 0 Å². The van der Waals surface area contributed by atoms with Crippen molar-refractivity contribution in [3.05, 3.63) is 42.6 Å². The van der Waals surface area contributed by atoms with Crippen molar-refractivity contribution in [2.75, 3.05) is 13.2 Å². The van der Waals surface area contributed by atoms with E-state index in [2.05, 4.69) is 15.3 Å². The molecule has 1 aliphatic rings. The summed E-state index contributed by atoms with van der Waals surface area (Å²) in [6.45, 7) is 2.10. The molecule has 2 aromatic rings. The SMILES string of the molecule is O=C(CCC1CCOC1)NCc1cccnc1-n1ccnc1. The van der Waals surface area contributed by atoms with Gasteiger partial charge in [0.25, 0.3) is 0 Å². The number of nitrogens with one attached hydrogen (secondary N) is 1. The number of pyridine rings is 1. The van der Waals surface area contributed by atoms with Crippen LogP contribution in [0.4, 0.5) is 0 Å². The first-order valence-electron chi connectivity index (χ1n) is 7.59. The summed E-state index contributed by atoms with van der Waals surface area (Å²) in [5.41, 5.74) is 0.970. The fraction of sp³-hybridized carbons (Fsp3) is 0.438. The minimum absolute atomic E-state index is 0.0762. The first kappa shape index (κ1) is 14.7. The molecule has 6 nitrogen and oxygen atoms in total. The number of amides is 1. The maximum atomic E-state index is 12.0. The number of ether oxygens (including phenoxy) is 1. The molecule has 0 aromatic carbocycles. The summed E-state index contributed by atoms with van der Waals surface area (Å²) < 4.78 is 7.17. The number of imidazole rings is 1. The molecule has 6 heteroatoms. The lowest BCUT2D eigenvalue weighted by Gasteiger charge is -2.11. The van der Waals surface area contributed by atoms with E-state index < -0.39 is 0 Å². The second-order valence-corrected chi connectivity index (χ2v) is 5.50. The minimum atomic E-state index is 0.0762. The number of hydrogen-bond acceptors (Lipinski definition) is 4. The molecule has 1 N–H and O–H groups in total. The van der Waals surface area contributed by atoms with Crippen molar-refractivity contribution < 1.29 is 9.53 Å². The molecule has 22 heavy (non-hydrogen) atoms. The summed E-state index contributed by atoms with van der Waals surface area (Å²) in [4.78, 5) is 20.4. The Bertz CT molecular complexity index is 606. The number of hydrogen-bond donors (Lipinski definition) is 1. The van der Waals surface area contributed by atoms with Gasteiger partial charge in [-0.25, -0.2) is 9.97 Å². The van der Waals surface area contributed by atoms with E-state index in [0.717, 1.165) is 37.4 Å². The van der Waals surface area contributed by atoms with Gasteiger partial charge in [0.1, 0.15) is 12.1 Å². The lowest BCUT2D eigenvalue weighted by molar-refractivity contribution is -0.121. The Balaban J connectivity index is 1.54. The molecule has 1 aliphatic heterocycles. The molecule has 1 atom stereocenters. The van der Waals surface area contributed by atoms with Gasteiger partial charge in [0.05, 0.1) is 0 Å². The van der Waals surface area contributed by atoms with E-state index in [-0.39, 0.29) is 5.91 Å². The van der Waals surface area contributed by atoms with Gasteiger partial charge in [0.2, 0.25) is 5.91 Å². The van der Waals surface area contributed by atoms with Gasteiger partial charge in [0, 0.05) is 50.3 Å². The molecule has 3 heterocycles. The molecule has 0 saturated carbocycles. The second-order valence-electron chi connectivity index (χ2n) is 5.50. The summed E-state index contributed by atoms with van der Waals surface area (Å²) in [5, 5.41) is 2.97. The quantitative estimate of drug-likeness (QED) is 0.881. The standard InChI is InChI=1S/C16H20N4O2/c21-15(4-3-13-5-9-22-11-13)19-10-14-2-1-6-18-16(14)20-8-7-17-12-20/h1-2,6-8,12-13H,3-5,9-11H2,(H,19,21). The van der Waals surface area contributed by atoms with Gasteiger partial charge < -0.3 is 10.1 Å². The highest BCUT2D eigenvalue weighted by molar-refractivity contribution is 5.75. The summed E-state index contributed by atoms with van der Waals surface area (Å²) in [7, 11) is 0. The predicted octanol–water partition coefficient (Wildman–Crippen LogP) is 1.70. The van der Waals surface area contributed by atoms with Gasteiger partial charge in [-0.05, 0) is 24.8 Å². The Morgan fingerprint density at radius 3 is 3.18 bits per heavy atom. The van der Waals surface area contributed by atoms with Gasteiger partial charge in [-0.2, -0.15) is 0 Å². The van der Waals surface area contributed by atoms with E-state index in [9.17, 15) is 4.79 Å². The van der Waals surface area contributed by atoms with E-state index in [0.29, 0.717) is 18.9 Å². The number of aromatic nitrogens is 3. The number of carbonyl (C=O) groups is 1. The number of rotatable bonds is 6. The van der Waals surface area contributed by atoms with Crippen molar-refractivity contribution in [3.63, 3.8) is 0 Å². The molecule has 1 amide bonds. The van der Waals surface area contributed by atoms with Crippen LogP contribution < -0.4 is 5.32 Å². The van der Waals surface area contributed by atoms with Crippen molar-refractivity contribution in [2.24, 2.45) is 5.92 Å². The van der Waals surface area contributed by atoms with Crippen LogP contribution in [-0.4, -0.2) is 33.7 Å². The predicted molar refractivity (Wildman–Crippen MR) is 81.4 cm³/mol. The third kappa shape index (κ3) is 3.71. The molecule has 116 valence electrons. The number of nitrogens with zero attached hydrogens (tertiary/aromatic N) is 3. The zero-order valence-corrected chi connectivity index (χ0v) is 12.4. The van der Waals surface area contributed by atoms with Crippen molar-refractivity contribution >= 4 is 5.91 Å². The van der Waals surface area contributed by atoms with Crippen LogP contribution in [0, 0.1) is 5.92 Å². The first-order valence-corrected chi connectivity index (χ1v) is 7.59. The normalized spacial score (nSPS) is 17.5. The van der Waals surface area contributed by atoms with Gasteiger partial charge >= 0.3 is 0 Å². The fourth-order valence-corrected chi connectivity index (χ4v) is 2.61. The Hall–Kier alpha value is -2.21. The van der Waals surface area contributed by atoms with E-state index in [1.165, 1.54) is 0 Å². The van der Waals surface area contributed by atoms with Crippen LogP contribution in [-0.2, 0) is 16.1 Å². The molecular formula is C16H20N4O2. The number of carbonyl (C=O) groups excluding carboxylic acids is 1. The first-order chi connectivity index (χ1) is 10.8. The van der Waals surface area contributed by atoms with Gasteiger partial charge in [-0.1, -0.05) is 6.07 Å². The summed E-state index contributed by atoms with van der Waals surface area (Å²) in [5.74, 6) is 1.41. The molecule has 0 bridgehead atoms. The average Bonchev–Trinajstić information content (AvgIpc) is 3.24. The molecule has 0 radical (unpaired) electrons. The van der Waals surface area contributed by atoms with Crippen LogP contribution in [0.15, 0.2) is 37.1 Å². The zero-order valence-electron chi connectivity index (χ0n) is 12.4. The smallest absolute Gasteiger partial charge is 0.220 e. The maximum Gasteiger partial charge on any atom is 0.220 e. The largest absolute Gasteiger partial charge is 0.381 e. The highest BCUT2D eigenvalue weighted by Gasteiger charge is 2.16. The average molecular weight is 300 g/mol. The molecular weight excluding hydrogens is 280 g/mol. The summed E-state index contributed by atoms with van der Waals surface area (Å²) >= 11 is 0. The monoisotopic (exact) mass is 300 g/mol.